The Morgan fingerprint density at radius 1 is 1.08 bits per heavy atom. The van der Waals surface area contributed by atoms with Gasteiger partial charge in [-0.3, -0.25) is 0 Å². The third-order valence-electron chi connectivity index (χ3n) is 4.85. The van der Waals surface area contributed by atoms with Crippen molar-refractivity contribution in [3.05, 3.63) is 72.4 Å². The van der Waals surface area contributed by atoms with Gasteiger partial charge in [0.15, 0.2) is 5.82 Å². The molecule has 2 aromatic heterocycles. The first-order valence-corrected chi connectivity index (χ1v) is 9.18. The van der Waals surface area contributed by atoms with E-state index in [2.05, 4.69) is 60.4 Å². The monoisotopic (exact) mass is 348 g/mol. The second kappa shape index (κ2) is 8.10. The number of nitrogens with one attached hydrogen (secondary N) is 1. The van der Waals surface area contributed by atoms with Crippen LogP contribution in [0.2, 0.25) is 0 Å². The average molecular weight is 348 g/mol. The number of aromatic nitrogens is 4. The van der Waals surface area contributed by atoms with Crippen LogP contribution in [0.15, 0.2) is 61.1 Å². The maximum absolute atomic E-state index is 4.54. The van der Waals surface area contributed by atoms with Gasteiger partial charge in [0.05, 0.1) is 6.54 Å². The summed E-state index contributed by atoms with van der Waals surface area (Å²) in [7, 11) is 0. The van der Waals surface area contributed by atoms with Gasteiger partial charge < -0.3 is 14.8 Å². The zero-order chi connectivity index (χ0) is 17.6. The Morgan fingerprint density at radius 3 is 2.85 bits per heavy atom. The molecule has 1 aliphatic heterocycles. The summed E-state index contributed by atoms with van der Waals surface area (Å²) < 4.78 is 2.21. The Balaban J connectivity index is 1.35. The fourth-order valence-corrected chi connectivity index (χ4v) is 3.48. The molecule has 0 spiro atoms. The maximum atomic E-state index is 4.54. The summed E-state index contributed by atoms with van der Waals surface area (Å²) in [6.07, 6.45) is 7.99. The molecule has 1 saturated heterocycles. The molecular weight excluding hydrogens is 324 g/mol. The van der Waals surface area contributed by atoms with Gasteiger partial charge in [0, 0.05) is 44.3 Å². The van der Waals surface area contributed by atoms with Crippen LogP contribution in [0.4, 0.5) is 5.82 Å². The van der Waals surface area contributed by atoms with Gasteiger partial charge >= 0.3 is 0 Å². The third kappa shape index (κ3) is 4.08. The summed E-state index contributed by atoms with van der Waals surface area (Å²) in [5.74, 6) is 2.04. The number of hydrogen-bond acceptors (Lipinski definition) is 5. The van der Waals surface area contributed by atoms with E-state index >= 15 is 0 Å². The van der Waals surface area contributed by atoms with E-state index in [4.69, 9.17) is 0 Å². The summed E-state index contributed by atoms with van der Waals surface area (Å²) in [6, 6.07) is 14.9. The molecular formula is C20H24N6. The van der Waals surface area contributed by atoms with E-state index in [0.29, 0.717) is 6.04 Å². The molecule has 3 heterocycles. The molecule has 1 atom stereocenters. The number of hydrogen-bond donors (Lipinski definition) is 1. The Bertz CT molecular complexity index is 801. The predicted octanol–water partition coefficient (Wildman–Crippen LogP) is 2.48. The average Bonchev–Trinajstić information content (AvgIpc) is 3.15. The fraction of sp³-hybridized carbons (Fsp3) is 0.350. The van der Waals surface area contributed by atoms with Gasteiger partial charge in [0.2, 0.25) is 0 Å². The lowest BCUT2D eigenvalue weighted by Gasteiger charge is -2.33. The van der Waals surface area contributed by atoms with Gasteiger partial charge in [-0.1, -0.05) is 30.3 Å². The molecule has 0 saturated carbocycles. The zero-order valence-electron chi connectivity index (χ0n) is 14.8. The number of nitrogens with zero attached hydrogens (tertiary/aromatic N) is 5. The van der Waals surface area contributed by atoms with Gasteiger partial charge in [-0.25, -0.2) is 4.98 Å². The summed E-state index contributed by atoms with van der Waals surface area (Å²) in [6.45, 7) is 3.63. The molecule has 0 unspecified atom stereocenters. The molecule has 4 rings (SSSR count). The van der Waals surface area contributed by atoms with Crippen molar-refractivity contribution >= 4 is 5.82 Å². The van der Waals surface area contributed by atoms with Crippen molar-refractivity contribution < 1.29 is 0 Å². The summed E-state index contributed by atoms with van der Waals surface area (Å²) in [5, 5.41) is 11.9. The van der Waals surface area contributed by atoms with Crippen molar-refractivity contribution in [3.63, 3.8) is 0 Å². The van der Waals surface area contributed by atoms with Crippen molar-refractivity contribution in [3.8, 4) is 0 Å². The van der Waals surface area contributed by atoms with Crippen molar-refractivity contribution in [2.75, 3.05) is 18.0 Å². The van der Waals surface area contributed by atoms with E-state index in [1.807, 2.05) is 24.4 Å². The second-order valence-corrected chi connectivity index (χ2v) is 6.70. The molecule has 1 N–H and O–H groups in total. The van der Waals surface area contributed by atoms with E-state index in [0.717, 1.165) is 44.2 Å². The lowest BCUT2D eigenvalue weighted by Crippen LogP contribution is -2.46. The molecule has 1 aliphatic rings. The number of piperidine rings is 1. The SMILES string of the molecule is c1ccc(Cn2ccnc2CN[C@H]2CCCN(c3cccnn3)C2)cc1. The minimum absolute atomic E-state index is 0.438. The quantitative estimate of drug-likeness (QED) is 0.742. The minimum Gasteiger partial charge on any atom is -0.354 e. The normalized spacial score (nSPS) is 17.4. The van der Waals surface area contributed by atoms with Crippen molar-refractivity contribution in [2.45, 2.75) is 32.0 Å². The smallest absolute Gasteiger partial charge is 0.151 e. The summed E-state index contributed by atoms with van der Waals surface area (Å²) >= 11 is 0. The van der Waals surface area contributed by atoms with Gasteiger partial charge in [0.25, 0.3) is 0 Å². The number of rotatable bonds is 6. The first kappa shape index (κ1) is 16.7. The van der Waals surface area contributed by atoms with Crippen molar-refractivity contribution in [2.24, 2.45) is 0 Å². The molecule has 6 heteroatoms. The molecule has 1 fully saturated rings. The van der Waals surface area contributed by atoms with Gasteiger partial charge in [0.1, 0.15) is 5.82 Å². The molecule has 134 valence electrons. The number of imidazole rings is 1. The number of benzene rings is 1. The van der Waals surface area contributed by atoms with E-state index in [9.17, 15) is 0 Å². The van der Waals surface area contributed by atoms with E-state index in [1.54, 1.807) is 6.20 Å². The lowest BCUT2D eigenvalue weighted by atomic mass is 10.1. The van der Waals surface area contributed by atoms with Gasteiger partial charge in [-0.2, -0.15) is 5.10 Å². The third-order valence-corrected chi connectivity index (χ3v) is 4.85. The van der Waals surface area contributed by atoms with Crippen LogP contribution in [0.25, 0.3) is 0 Å². The Kier molecular flexibility index (Phi) is 5.21. The molecule has 26 heavy (non-hydrogen) atoms. The van der Waals surface area contributed by atoms with E-state index < -0.39 is 0 Å². The first-order valence-electron chi connectivity index (χ1n) is 9.18. The summed E-state index contributed by atoms with van der Waals surface area (Å²) in [4.78, 5) is 6.85. The largest absolute Gasteiger partial charge is 0.354 e. The fourth-order valence-electron chi connectivity index (χ4n) is 3.48. The van der Waals surface area contributed by atoms with Crippen LogP contribution in [0.1, 0.15) is 24.2 Å². The minimum atomic E-state index is 0.438. The molecule has 0 amide bonds. The van der Waals surface area contributed by atoms with Gasteiger partial charge in [-0.05, 0) is 30.5 Å². The van der Waals surface area contributed by atoms with Crippen LogP contribution < -0.4 is 10.2 Å². The summed E-state index contributed by atoms with van der Waals surface area (Å²) in [5.41, 5.74) is 1.29. The van der Waals surface area contributed by atoms with E-state index in [1.165, 1.54) is 12.0 Å². The highest BCUT2D eigenvalue weighted by atomic mass is 15.3. The predicted molar refractivity (Wildman–Crippen MR) is 102 cm³/mol. The number of anilines is 1. The van der Waals surface area contributed by atoms with Gasteiger partial charge in [-0.15, -0.1) is 5.10 Å². The highest BCUT2D eigenvalue weighted by molar-refractivity contribution is 5.37. The van der Waals surface area contributed by atoms with Crippen LogP contribution in [-0.4, -0.2) is 38.9 Å². The molecule has 0 bridgehead atoms. The molecule has 1 aromatic carbocycles. The Morgan fingerprint density at radius 2 is 2.00 bits per heavy atom. The second-order valence-electron chi connectivity index (χ2n) is 6.70. The lowest BCUT2D eigenvalue weighted by molar-refractivity contribution is 0.412. The molecule has 3 aromatic rings. The maximum Gasteiger partial charge on any atom is 0.151 e. The van der Waals surface area contributed by atoms with Crippen LogP contribution >= 0.6 is 0 Å². The first-order chi connectivity index (χ1) is 12.9. The highest BCUT2D eigenvalue weighted by Crippen LogP contribution is 2.17. The van der Waals surface area contributed by atoms with Crippen molar-refractivity contribution in [1.82, 2.24) is 25.1 Å². The van der Waals surface area contributed by atoms with Crippen LogP contribution in [0.3, 0.4) is 0 Å². The van der Waals surface area contributed by atoms with E-state index in [-0.39, 0.29) is 0 Å². The zero-order valence-corrected chi connectivity index (χ0v) is 14.8. The van der Waals surface area contributed by atoms with Crippen LogP contribution in [-0.2, 0) is 13.1 Å². The Hall–Kier alpha value is -2.73. The van der Waals surface area contributed by atoms with Crippen LogP contribution in [0, 0.1) is 0 Å². The Labute approximate surface area is 153 Å². The molecule has 0 aliphatic carbocycles. The standard InChI is InChI=1S/C20H24N6/c1-2-6-17(7-3-1)15-26-13-11-21-20(26)14-22-18-8-5-12-25(16-18)19-9-4-10-23-24-19/h1-4,6-7,9-11,13,18,22H,5,8,12,14-16H2/t18-/m0/s1. The van der Waals surface area contributed by atoms with Crippen LogP contribution in [0.5, 0.6) is 0 Å². The topological polar surface area (TPSA) is 58.9 Å². The molecule has 6 nitrogen and oxygen atoms in total. The van der Waals surface area contributed by atoms with Crippen molar-refractivity contribution in [1.29, 1.82) is 0 Å². The highest BCUT2D eigenvalue weighted by Gasteiger charge is 2.21. The molecule has 0 radical (unpaired) electrons.